The van der Waals surface area contributed by atoms with Crippen molar-refractivity contribution in [3.63, 3.8) is 0 Å². The standard InChI is InChI=1S/C32H25N3O9/c1-19-23(17-33)35(32(40)34-27(19)36)28-26(44-31(39)22-15-9-4-10-16-22)25(43-30(38)21-13-7-3-8-14-21)24(42-28)18-41-29(37)20-11-5-2-6-12-20/h2-16,24-26,28H,18H2,1H3,(H,34,36,40)/t24-,25-,26-,28-/m1/s1. The molecule has 0 saturated carbocycles. The summed E-state index contributed by atoms with van der Waals surface area (Å²) in [5, 5.41) is 9.90. The SMILES string of the molecule is Cc1c(C#N)n([C@@H]2O[C@H](COC(=O)c3ccccc3)[C@@H](OC(=O)c3ccccc3)[C@H]2OC(=O)c2ccccc2)c(=O)[nH]c1=O. The monoisotopic (exact) mass is 595 g/mol. The Bertz CT molecular complexity index is 1830. The summed E-state index contributed by atoms with van der Waals surface area (Å²) in [6.07, 6.45) is -5.82. The highest BCUT2D eigenvalue weighted by Gasteiger charge is 2.52. The van der Waals surface area contributed by atoms with E-state index < -0.39 is 60.3 Å². The highest BCUT2D eigenvalue weighted by molar-refractivity contribution is 5.91. The van der Waals surface area contributed by atoms with Crippen molar-refractivity contribution in [3.05, 3.63) is 140 Å². The van der Waals surface area contributed by atoms with Gasteiger partial charge in [0.05, 0.1) is 16.7 Å². The Morgan fingerprint density at radius 2 is 1.27 bits per heavy atom. The van der Waals surface area contributed by atoms with Crippen LogP contribution in [0.25, 0.3) is 0 Å². The van der Waals surface area contributed by atoms with Crippen LogP contribution in [0.5, 0.6) is 0 Å². The van der Waals surface area contributed by atoms with Crippen LogP contribution in [0.15, 0.2) is 101 Å². The van der Waals surface area contributed by atoms with Crippen molar-refractivity contribution >= 4 is 17.9 Å². The number of hydrogen-bond donors (Lipinski definition) is 1. The van der Waals surface area contributed by atoms with E-state index in [4.69, 9.17) is 18.9 Å². The predicted molar refractivity (Wildman–Crippen MR) is 153 cm³/mol. The van der Waals surface area contributed by atoms with Crippen LogP contribution in [-0.4, -0.2) is 52.4 Å². The van der Waals surface area contributed by atoms with Gasteiger partial charge in [0, 0.05) is 5.56 Å². The number of ether oxygens (including phenoxy) is 4. The number of rotatable bonds is 8. The van der Waals surface area contributed by atoms with E-state index in [2.05, 4.69) is 4.98 Å². The van der Waals surface area contributed by atoms with Gasteiger partial charge in [-0.15, -0.1) is 0 Å². The highest BCUT2D eigenvalue weighted by atomic mass is 16.7. The molecule has 0 aliphatic carbocycles. The zero-order valence-electron chi connectivity index (χ0n) is 23.2. The van der Waals surface area contributed by atoms with Gasteiger partial charge < -0.3 is 18.9 Å². The lowest BCUT2D eigenvalue weighted by atomic mass is 10.1. The summed E-state index contributed by atoms with van der Waals surface area (Å²) in [6.45, 7) is 0.842. The predicted octanol–water partition coefficient (Wildman–Crippen LogP) is 2.92. The van der Waals surface area contributed by atoms with Crippen LogP contribution in [0, 0.1) is 18.3 Å². The normalized spacial score (nSPS) is 19.0. The van der Waals surface area contributed by atoms with Crippen LogP contribution < -0.4 is 11.2 Å². The van der Waals surface area contributed by atoms with Crippen LogP contribution in [0.4, 0.5) is 0 Å². The average molecular weight is 596 g/mol. The fourth-order valence-electron chi connectivity index (χ4n) is 4.69. The van der Waals surface area contributed by atoms with E-state index >= 15 is 0 Å². The molecule has 1 fully saturated rings. The third-order valence-electron chi connectivity index (χ3n) is 6.92. The van der Waals surface area contributed by atoms with Crippen molar-refractivity contribution < 1.29 is 33.3 Å². The molecule has 222 valence electrons. The molecular formula is C32H25N3O9. The van der Waals surface area contributed by atoms with Crippen LogP contribution >= 0.6 is 0 Å². The average Bonchev–Trinajstić information content (AvgIpc) is 3.37. The number of aromatic nitrogens is 2. The molecule has 12 nitrogen and oxygen atoms in total. The fourth-order valence-corrected chi connectivity index (χ4v) is 4.69. The number of nitrogens with zero attached hydrogens (tertiary/aromatic N) is 2. The number of carbonyl (C=O) groups is 3. The molecule has 1 aliphatic rings. The fraction of sp³-hybridized carbons (Fsp3) is 0.188. The van der Waals surface area contributed by atoms with Crippen LogP contribution in [0.3, 0.4) is 0 Å². The smallest absolute Gasteiger partial charge is 0.338 e. The van der Waals surface area contributed by atoms with Gasteiger partial charge in [-0.2, -0.15) is 5.26 Å². The molecule has 12 heteroatoms. The van der Waals surface area contributed by atoms with Crippen LogP contribution in [0.2, 0.25) is 0 Å². The topological polar surface area (TPSA) is 167 Å². The summed E-state index contributed by atoms with van der Waals surface area (Å²) in [7, 11) is 0. The minimum absolute atomic E-state index is 0.0966. The van der Waals surface area contributed by atoms with Crippen molar-refractivity contribution in [1.82, 2.24) is 9.55 Å². The van der Waals surface area contributed by atoms with E-state index in [1.54, 1.807) is 66.7 Å². The number of aromatic amines is 1. The Hall–Kier alpha value is -5.80. The molecule has 1 aromatic heterocycles. The van der Waals surface area contributed by atoms with Crippen LogP contribution in [-0.2, 0) is 18.9 Å². The van der Waals surface area contributed by atoms with Crippen molar-refractivity contribution in [2.45, 2.75) is 31.5 Å². The van der Waals surface area contributed by atoms with Crippen molar-refractivity contribution in [2.75, 3.05) is 6.61 Å². The van der Waals surface area contributed by atoms with Gasteiger partial charge in [0.2, 0.25) is 0 Å². The molecule has 1 saturated heterocycles. The number of esters is 3. The van der Waals surface area contributed by atoms with E-state index in [-0.39, 0.29) is 27.9 Å². The zero-order chi connectivity index (χ0) is 31.2. The summed E-state index contributed by atoms with van der Waals surface area (Å²) in [6, 6.07) is 25.8. The first-order chi connectivity index (χ1) is 21.3. The molecule has 3 aromatic carbocycles. The second-order valence-corrected chi connectivity index (χ2v) is 9.72. The van der Waals surface area contributed by atoms with Crippen molar-refractivity contribution in [3.8, 4) is 6.07 Å². The van der Waals surface area contributed by atoms with Gasteiger partial charge in [0.1, 0.15) is 24.5 Å². The number of benzene rings is 3. The van der Waals surface area contributed by atoms with Gasteiger partial charge in [-0.1, -0.05) is 54.6 Å². The molecule has 1 aliphatic heterocycles. The first-order valence-electron chi connectivity index (χ1n) is 13.4. The lowest BCUT2D eigenvalue weighted by Gasteiger charge is -2.25. The first kappa shape index (κ1) is 29.7. The Balaban J connectivity index is 1.57. The number of nitrogens with one attached hydrogen (secondary N) is 1. The lowest BCUT2D eigenvalue weighted by molar-refractivity contribution is -0.0644. The summed E-state index contributed by atoms with van der Waals surface area (Å²) < 4.78 is 24.0. The van der Waals surface area contributed by atoms with E-state index in [1.807, 2.05) is 6.07 Å². The zero-order valence-corrected chi connectivity index (χ0v) is 23.2. The van der Waals surface area contributed by atoms with E-state index in [1.165, 1.54) is 31.2 Å². The molecule has 5 rings (SSSR count). The molecule has 0 radical (unpaired) electrons. The summed E-state index contributed by atoms with van der Waals surface area (Å²) in [5.41, 5.74) is -1.73. The van der Waals surface area contributed by atoms with E-state index in [0.717, 1.165) is 4.57 Å². The molecule has 4 atom stereocenters. The van der Waals surface area contributed by atoms with Gasteiger partial charge in [-0.3, -0.25) is 14.3 Å². The summed E-state index contributed by atoms with van der Waals surface area (Å²) in [5.74, 6) is -2.37. The number of carbonyl (C=O) groups excluding carboxylic acids is 3. The van der Waals surface area contributed by atoms with Crippen molar-refractivity contribution in [1.29, 1.82) is 5.26 Å². The molecule has 0 amide bonds. The quantitative estimate of drug-likeness (QED) is 0.236. The molecule has 44 heavy (non-hydrogen) atoms. The van der Waals surface area contributed by atoms with E-state index in [9.17, 15) is 29.2 Å². The van der Waals surface area contributed by atoms with Gasteiger partial charge in [0.15, 0.2) is 18.4 Å². The second-order valence-electron chi connectivity index (χ2n) is 9.72. The second kappa shape index (κ2) is 13.0. The third-order valence-corrected chi connectivity index (χ3v) is 6.92. The minimum atomic E-state index is -1.57. The molecule has 0 unspecified atom stereocenters. The number of hydrogen-bond acceptors (Lipinski definition) is 10. The molecule has 0 spiro atoms. The van der Waals surface area contributed by atoms with Crippen LogP contribution in [0.1, 0.15) is 48.6 Å². The summed E-state index contributed by atoms with van der Waals surface area (Å²) in [4.78, 5) is 66.8. The van der Waals surface area contributed by atoms with Crippen molar-refractivity contribution in [2.24, 2.45) is 0 Å². The Labute approximate surface area is 250 Å². The molecule has 1 N–H and O–H groups in total. The minimum Gasteiger partial charge on any atom is -0.459 e. The molecular weight excluding hydrogens is 570 g/mol. The first-order valence-corrected chi connectivity index (χ1v) is 13.4. The lowest BCUT2D eigenvalue weighted by Crippen LogP contribution is -2.44. The third kappa shape index (κ3) is 6.18. The molecule has 2 heterocycles. The Kier molecular flexibility index (Phi) is 8.78. The van der Waals surface area contributed by atoms with Gasteiger partial charge in [0.25, 0.3) is 5.56 Å². The largest absolute Gasteiger partial charge is 0.459 e. The number of H-pyrrole nitrogens is 1. The molecule has 4 aromatic rings. The Morgan fingerprint density at radius 3 is 1.77 bits per heavy atom. The highest BCUT2D eigenvalue weighted by Crippen LogP contribution is 2.35. The maximum atomic E-state index is 13.3. The maximum absolute atomic E-state index is 13.3. The van der Waals surface area contributed by atoms with Gasteiger partial charge in [-0.25, -0.2) is 19.2 Å². The number of nitriles is 1. The van der Waals surface area contributed by atoms with E-state index in [0.29, 0.717) is 0 Å². The molecule has 0 bridgehead atoms. The maximum Gasteiger partial charge on any atom is 0.338 e. The Morgan fingerprint density at radius 1 is 0.795 bits per heavy atom. The van der Waals surface area contributed by atoms with Gasteiger partial charge >= 0.3 is 23.6 Å². The summed E-state index contributed by atoms with van der Waals surface area (Å²) >= 11 is 0. The van der Waals surface area contributed by atoms with Gasteiger partial charge in [-0.05, 0) is 43.3 Å².